The van der Waals surface area contributed by atoms with E-state index in [1.165, 1.54) is 4.90 Å². The number of amides is 1. The number of carbonyl (C=O) groups is 1. The molecule has 0 unspecified atom stereocenters. The highest BCUT2D eigenvalue weighted by molar-refractivity contribution is 5.94. The van der Waals surface area contributed by atoms with Crippen molar-refractivity contribution >= 4 is 11.6 Å². The Kier molecular flexibility index (Phi) is 4.47. The van der Waals surface area contributed by atoms with Crippen LogP contribution in [-0.4, -0.2) is 34.7 Å². The first-order valence-electron chi connectivity index (χ1n) is 6.82. The van der Waals surface area contributed by atoms with Crippen molar-refractivity contribution < 1.29 is 9.53 Å². The van der Waals surface area contributed by atoms with Gasteiger partial charge in [-0.1, -0.05) is 6.92 Å². The van der Waals surface area contributed by atoms with E-state index in [2.05, 4.69) is 12.0 Å². The number of rotatable bonds is 5. The van der Waals surface area contributed by atoms with Crippen molar-refractivity contribution in [3.05, 3.63) is 36.2 Å². The molecule has 0 bridgehead atoms. The third-order valence-electron chi connectivity index (χ3n) is 2.96. The molecule has 0 fully saturated rings. The third-order valence-corrected chi connectivity index (χ3v) is 2.96. The molecule has 0 saturated heterocycles. The van der Waals surface area contributed by atoms with Gasteiger partial charge in [-0.05, 0) is 24.6 Å². The minimum absolute atomic E-state index is 0.0958. The summed E-state index contributed by atoms with van der Waals surface area (Å²) >= 11 is 0. The van der Waals surface area contributed by atoms with Gasteiger partial charge < -0.3 is 15.4 Å². The number of hydrogen-bond donors (Lipinski definition) is 1. The number of aromatic nitrogens is 2. The van der Waals surface area contributed by atoms with Crippen LogP contribution in [-0.2, 0) is 6.54 Å². The molecule has 0 aliphatic rings. The normalized spacial score (nSPS) is 10.4. The number of nitrogens with zero attached hydrogens (tertiary/aromatic N) is 3. The molecule has 2 rings (SSSR count). The zero-order valence-corrected chi connectivity index (χ0v) is 12.5. The first-order chi connectivity index (χ1) is 10.0. The van der Waals surface area contributed by atoms with Crippen molar-refractivity contribution in [1.29, 1.82) is 0 Å². The zero-order valence-electron chi connectivity index (χ0n) is 12.5. The molecule has 21 heavy (non-hydrogen) atoms. The summed E-state index contributed by atoms with van der Waals surface area (Å²) in [7, 11) is 3.40. The Bertz CT molecular complexity index is 634. The average molecular weight is 288 g/mol. The Labute approximate surface area is 124 Å². The molecule has 0 aliphatic heterocycles. The highest BCUT2D eigenvalue weighted by atomic mass is 16.5. The molecule has 112 valence electrons. The molecular weight excluding hydrogens is 268 g/mol. The summed E-state index contributed by atoms with van der Waals surface area (Å²) in [5.74, 6) is 0.963. The molecule has 6 heteroatoms. The predicted octanol–water partition coefficient (Wildman–Crippen LogP) is 2.37. The molecule has 0 saturated carbocycles. The van der Waals surface area contributed by atoms with Gasteiger partial charge in [0.1, 0.15) is 0 Å². The lowest BCUT2D eigenvalue weighted by molar-refractivity contribution is 0.0827. The Morgan fingerprint density at radius 2 is 2.19 bits per heavy atom. The van der Waals surface area contributed by atoms with Gasteiger partial charge in [0.15, 0.2) is 11.5 Å². The van der Waals surface area contributed by atoms with Gasteiger partial charge in [-0.3, -0.25) is 9.48 Å². The van der Waals surface area contributed by atoms with Crippen LogP contribution >= 0.6 is 0 Å². The number of carbonyl (C=O) groups excluding carboxylic acids is 1. The maximum atomic E-state index is 12.0. The lowest BCUT2D eigenvalue weighted by Crippen LogP contribution is -2.21. The fourth-order valence-corrected chi connectivity index (χ4v) is 1.89. The van der Waals surface area contributed by atoms with E-state index in [1.807, 2.05) is 6.20 Å². The smallest absolute Gasteiger partial charge is 0.253 e. The van der Waals surface area contributed by atoms with Crippen LogP contribution in [0.4, 0.5) is 5.69 Å². The van der Waals surface area contributed by atoms with Crippen molar-refractivity contribution in [2.75, 3.05) is 19.8 Å². The Morgan fingerprint density at radius 1 is 1.43 bits per heavy atom. The molecular formula is C15H20N4O2. The maximum absolute atomic E-state index is 12.0. The number of anilines is 1. The topological polar surface area (TPSA) is 73.4 Å². The number of nitrogen functional groups attached to an aromatic ring is 1. The Hall–Kier alpha value is -2.50. The van der Waals surface area contributed by atoms with Gasteiger partial charge in [0, 0.05) is 26.2 Å². The second-order valence-electron chi connectivity index (χ2n) is 4.99. The van der Waals surface area contributed by atoms with E-state index in [-0.39, 0.29) is 5.91 Å². The Balaban J connectivity index is 2.22. The van der Waals surface area contributed by atoms with E-state index in [4.69, 9.17) is 10.5 Å². The minimum atomic E-state index is -0.0958. The van der Waals surface area contributed by atoms with E-state index in [1.54, 1.807) is 43.2 Å². The minimum Gasteiger partial charge on any atom is -0.452 e. The fourth-order valence-electron chi connectivity index (χ4n) is 1.89. The average Bonchev–Trinajstić information content (AvgIpc) is 2.88. The van der Waals surface area contributed by atoms with E-state index < -0.39 is 0 Å². The summed E-state index contributed by atoms with van der Waals surface area (Å²) in [5, 5.41) is 4.19. The first-order valence-corrected chi connectivity index (χ1v) is 6.82. The van der Waals surface area contributed by atoms with E-state index in [0.29, 0.717) is 22.7 Å². The number of hydrogen-bond acceptors (Lipinski definition) is 4. The van der Waals surface area contributed by atoms with Crippen LogP contribution in [0.3, 0.4) is 0 Å². The SMILES string of the molecule is CCCn1cc(Oc2cc(C(=O)N(C)C)ccc2N)cn1. The summed E-state index contributed by atoms with van der Waals surface area (Å²) in [6, 6.07) is 5.00. The van der Waals surface area contributed by atoms with Crippen LogP contribution in [0.25, 0.3) is 0 Å². The molecule has 1 amide bonds. The second-order valence-corrected chi connectivity index (χ2v) is 4.99. The highest BCUT2D eigenvalue weighted by Crippen LogP contribution is 2.28. The van der Waals surface area contributed by atoms with Crippen molar-refractivity contribution in [3.8, 4) is 11.5 Å². The molecule has 1 heterocycles. The summed E-state index contributed by atoms with van der Waals surface area (Å²) in [6.45, 7) is 2.91. The monoisotopic (exact) mass is 288 g/mol. The summed E-state index contributed by atoms with van der Waals surface area (Å²) in [5.41, 5.74) is 6.91. The lowest BCUT2D eigenvalue weighted by atomic mass is 10.1. The molecule has 0 aliphatic carbocycles. The molecule has 0 atom stereocenters. The fraction of sp³-hybridized carbons (Fsp3) is 0.333. The van der Waals surface area contributed by atoms with E-state index in [0.717, 1.165) is 13.0 Å². The molecule has 1 aromatic heterocycles. The molecule has 0 radical (unpaired) electrons. The van der Waals surface area contributed by atoms with Gasteiger partial charge in [-0.25, -0.2) is 0 Å². The van der Waals surface area contributed by atoms with E-state index >= 15 is 0 Å². The Morgan fingerprint density at radius 3 is 2.86 bits per heavy atom. The molecule has 0 spiro atoms. The first kappa shape index (κ1) is 14.9. The quantitative estimate of drug-likeness (QED) is 0.857. The zero-order chi connectivity index (χ0) is 15.4. The van der Waals surface area contributed by atoms with Crippen molar-refractivity contribution in [2.45, 2.75) is 19.9 Å². The predicted molar refractivity (Wildman–Crippen MR) is 81.5 cm³/mol. The molecule has 6 nitrogen and oxygen atoms in total. The number of ether oxygens (including phenoxy) is 1. The van der Waals surface area contributed by atoms with Gasteiger partial charge in [-0.2, -0.15) is 5.10 Å². The van der Waals surface area contributed by atoms with E-state index in [9.17, 15) is 4.79 Å². The van der Waals surface area contributed by atoms with Crippen molar-refractivity contribution in [3.63, 3.8) is 0 Å². The maximum Gasteiger partial charge on any atom is 0.253 e. The second kappa shape index (κ2) is 6.30. The van der Waals surface area contributed by atoms with Crippen LogP contribution < -0.4 is 10.5 Å². The molecule has 2 aromatic rings. The van der Waals surface area contributed by atoms with Crippen LogP contribution in [0, 0.1) is 0 Å². The number of nitrogens with two attached hydrogens (primary N) is 1. The molecule has 2 N–H and O–H groups in total. The lowest BCUT2D eigenvalue weighted by Gasteiger charge is -2.12. The van der Waals surface area contributed by atoms with Crippen molar-refractivity contribution in [2.24, 2.45) is 0 Å². The highest BCUT2D eigenvalue weighted by Gasteiger charge is 2.12. The van der Waals surface area contributed by atoms with Crippen LogP contribution in [0.2, 0.25) is 0 Å². The van der Waals surface area contributed by atoms with Crippen LogP contribution in [0.5, 0.6) is 11.5 Å². The summed E-state index contributed by atoms with van der Waals surface area (Å²) in [4.78, 5) is 13.5. The summed E-state index contributed by atoms with van der Waals surface area (Å²) in [6.07, 6.45) is 4.44. The molecule has 1 aromatic carbocycles. The van der Waals surface area contributed by atoms with Crippen LogP contribution in [0.15, 0.2) is 30.6 Å². The number of aryl methyl sites for hydroxylation is 1. The van der Waals surface area contributed by atoms with Crippen LogP contribution in [0.1, 0.15) is 23.7 Å². The third kappa shape index (κ3) is 3.53. The summed E-state index contributed by atoms with van der Waals surface area (Å²) < 4.78 is 7.53. The van der Waals surface area contributed by atoms with Gasteiger partial charge in [0.25, 0.3) is 5.91 Å². The van der Waals surface area contributed by atoms with Gasteiger partial charge in [0.2, 0.25) is 0 Å². The standard InChI is InChI=1S/C15H20N4O2/c1-4-7-19-10-12(9-17-19)21-14-8-11(5-6-13(14)16)15(20)18(2)3/h5-6,8-10H,4,7,16H2,1-3H3. The van der Waals surface area contributed by atoms with Gasteiger partial charge >= 0.3 is 0 Å². The van der Waals surface area contributed by atoms with Gasteiger partial charge in [0.05, 0.1) is 18.1 Å². The van der Waals surface area contributed by atoms with Gasteiger partial charge in [-0.15, -0.1) is 0 Å². The van der Waals surface area contributed by atoms with Crippen molar-refractivity contribution in [1.82, 2.24) is 14.7 Å². The number of benzene rings is 1. The largest absolute Gasteiger partial charge is 0.452 e.